The Morgan fingerprint density at radius 1 is 0.304 bits per heavy atom. The Morgan fingerprint density at radius 3 is 1.02 bits per heavy atom. The van der Waals surface area contributed by atoms with Crippen molar-refractivity contribution in [3.63, 3.8) is 0 Å². The fraction of sp³-hybridized carbons (Fsp3) is 0.0545. The molecule has 0 heterocycles. The third kappa shape index (κ3) is 5.81. The van der Waals surface area contributed by atoms with Crippen molar-refractivity contribution in [2.75, 3.05) is 4.90 Å². The van der Waals surface area contributed by atoms with Gasteiger partial charge in [-0.2, -0.15) is 0 Å². The molecule has 0 radical (unpaired) electrons. The van der Waals surface area contributed by atoms with Crippen LogP contribution in [0.4, 0.5) is 11.4 Å². The molecule has 9 aromatic rings. The van der Waals surface area contributed by atoms with Crippen molar-refractivity contribution >= 4 is 39.0 Å². The third-order valence-corrected chi connectivity index (χ3v) is 11.7. The summed E-state index contributed by atoms with van der Waals surface area (Å²) in [6, 6.07) is 75.0. The van der Waals surface area contributed by atoms with Crippen LogP contribution in [0.15, 0.2) is 212 Å². The Bertz CT molecular complexity index is 2740. The van der Waals surface area contributed by atoms with Crippen LogP contribution in [0.3, 0.4) is 0 Å². The van der Waals surface area contributed by atoms with Gasteiger partial charge >= 0.3 is 0 Å². The maximum Gasteiger partial charge on any atom is 0.0459 e. The monoisotopic (exact) mass is 715 g/mol. The Balaban J connectivity index is 1.06. The van der Waals surface area contributed by atoms with Crippen molar-refractivity contribution in [2.45, 2.75) is 19.3 Å². The zero-order valence-electron chi connectivity index (χ0n) is 31.7. The first-order chi connectivity index (χ1) is 27.5. The molecule has 1 aliphatic carbocycles. The van der Waals surface area contributed by atoms with Gasteiger partial charge in [-0.15, -0.1) is 0 Å². The number of anilines is 2. The first-order valence-corrected chi connectivity index (χ1v) is 19.5. The van der Waals surface area contributed by atoms with E-state index in [1.807, 2.05) is 0 Å². The highest BCUT2D eigenvalue weighted by molar-refractivity contribution is 6.14. The van der Waals surface area contributed by atoms with E-state index in [0.717, 1.165) is 11.4 Å². The zero-order chi connectivity index (χ0) is 37.6. The molecule has 0 fully saturated rings. The summed E-state index contributed by atoms with van der Waals surface area (Å²) in [7, 11) is 0. The number of fused-ring (bicyclic) bond motifs is 6. The quantitative estimate of drug-likeness (QED) is 0.149. The molecule has 10 rings (SSSR count). The lowest BCUT2D eigenvalue weighted by molar-refractivity contribution is 0.632. The van der Waals surface area contributed by atoms with E-state index < -0.39 is 0 Å². The zero-order valence-corrected chi connectivity index (χ0v) is 31.7. The van der Waals surface area contributed by atoms with Crippen molar-refractivity contribution in [1.29, 1.82) is 0 Å². The molecule has 56 heavy (non-hydrogen) atoms. The van der Waals surface area contributed by atoms with E-state index in [4.69, 9.17) is 0 Å². The van der Waals surface area contributed by atoms with Crippen LogP contribution in [0.2, 0.25) is 0 Å². The van der Waals surface area contributed by atoms with Crippen molar-refractivity contribution < 1.29 is 0 Å². The number of hydrogen-bond donors (Lipinski definition) is 0. The van der Waals surface area contributed by atoms with Crippen LogP contribution in [-0.2, 0) is 5.41 Å². The molecule has 0 saturated heterocycles. The molecule has 0 spiro atoms. The second-order valence-electron chi connectivity index (χ2n) is 15.4. The first-order valence-electron chi connectivity index (χ1n) is 19.5. The number of rotatable bonds is 7. The van der Waals surface area contributed by atoms with Crippen molar-refractivity contribution in [3.8, 4) is 44.5 Å². The Labute approximate surface area is 329 Å². The van der Waals surface area contributed by atoms with Gasteiger partial charge in [-0.3, -0.25) is 0 Å². The standard InChI is InChI=1S/C55H41N/c1-55(2)53(37-52-50-19-10-9-17-48(50)49-18-11-12-20-51(49)54(52)55)56(46-33-29-44(30-34-46)42-25-21-40(22-26-42)38-13-5-3-6-14-38)47-35-31-45(32-36-47)43-27-23-41(24-28-43)39-15-7-4-8-16-39/h3-37H,1-2H3. The predicted octanol–water partition coefficient (Wildman–Crippen LogP) is 15.1. The Kier molecular flexibility index (Phi) is 8.23. The summed E-state index contributed by atoms with van der Waals surface area (Å²) in [6.07, 6.45) is 2.45. The van der Waals surface area contributed by atoms with E-state index in [1.54, 1.807) is 0 Å². The fourth-order valence-corrected chi connectivity index (χ4v) is 8.79. The SMILES string of the molecule is CC1(C)C(N(c2ccc(-c3ccc(-c4ccccc4)cc3)cc2)c2ccc(-c3ccc(-c4ccccc4)cc3)cc2)=Cc2c1c1ccccc1c1ccccc21. The van der Waals surface area contributed by atoms with E-state index >= 15 is 0 Å². The van der Waals surface area contributed by atoms with Crippen molar-refractivity contribution in [2.24, 2.45) is 0 Å². The summed E-state index contributed by atoms with van der Waals surface area (Å²) < 4.78 is 0. The molecule has 266 valence electrons. The largest absolute Gasteiger partial charge is 0.313 e. The van der Waals surface area contributed by atoms with Gasteiger partial charge in [-0.05, 0) is 108 Å². The minimum Gasteiger partial charge on any atom is -0.313 e. The van der Waals surface area contributed by atoms with E-state index in [9.17, 15) is 0 Å². The van der Waals surface area contributed by atoms with Crippen LogP contribution in [0.5, 0.6) is 0 Å². The average Bonchev–Trinajstić information content (AvgIpc) is 3.55. The lowest BCUT2D eigenvalue weighted by atomic mass is 9.79. The van der Waals surface area contributed by atoms with E-state index in [-0.39, 0.29) is 5.41 Å². The van der Waals surface area contributed by atoms with Gasteiger partial charge in [0.15, 0.2) is 0 Å². The highest BCUT2D eigenvalue weighted by Gasteiger charge is 2.39. The molecule has 0 saturated carbocycles. The lowest BCUT2D eigenvalue weighted by Crippen LogP contribution is -2.29. The molecule has 0 amide bonds. The van der Waals surface area contributed by atoms with Crippen LogP contribution < -0.4 is 4.90 Å². The highest BCUT2D eigenvalue weighted by Crippen LogP contribution is 2.52. The van der Waals surface area contributed by atoms with Gasteiger partial charge in [0.05, 0.1) is 0 Å². The van der Waals surface area contributed by atoms with Gasteiger partial charge in [0.2, 0.25) is 0 Å². The molecule has 0 aliphatic heterocycles. The molecular weight excluding hydrogens is 675 g/mol. The molecule has 1 heteroatoms. The van der Waals surface area contributed by atoms with E-state index in [0.29, 0.717) is 0 Å². The lowest BCUT2D eigenvalue weighted by Gasteiger charge is -2.36. The summed E-state index contributed by atoms with van der Waals surface area (Å²) in [5, 5.41) is 5.22. The second kappa shape index (κ2) is 13.7. The number of hydrogen-bond acceptors (Lipinski definition) is 1. The van der Waals surface area contributed by atoms with Crippen LogP contribution in [0.25, 0.3) is 72.1 Å². The minimum atomic E-state index is -0.281. The average molecular weight is 716 g/mol. The maximum atomic E-state index is 2.48. The molecule has 9 aromatic carbocycles. The highest BCUT2D eigenvalue weighted by atomic mass is 15.2. The summed E-state index contributed by atoms with van der Waals surface area (Å²) >= 11 is 0. The smallest absolute Gasteiger partial charge is 0.0459 e. The molecule has 1 nitrogen and oxygen atoms in total. The van der Waals surface area contributed by atoms with Gasteiger partial charge in [0, 0.05) is 22.5 Å². The summed E-state index contributed by atoms with van der Waals surface area (Å²) in [6.45, 7) is 4.79. The summed E-state index contributed by atoms with van der Waals surface area (Å²) in [4.78, 5) is 2.48. The summed E-state index contributed by atoms with van der Waals surface area (Å²) in [5.74, 6) is 0. The topological polar surface area (TPSA) is 3.24 Å². The summed E-state index contributed by atoms with van der Waals surface area (Å²) in [5.41, 5.74) is 15.7. The van der Waals surface area contributed by atoms with Gasteiger partial charge in [0.25, 0.3) is 0 Å². The van der Waals surface area contributed by atoms with Crippen molar-refractivity contribution in [3.05, 3.63) is 223 Å². The molecule has 1 aliphatic rings. The fourth-order valence-electron chi connectivity index (χ4n) is 8.79. The van der Waals surface area contributed by atoms with Crippen LogP contribution in [-0.4, -0.2) is 0 Å². The minimum absolute atomic E-state index is 0.281. The maximum absolute atomic E-state index is 2.48. The van der Waals surface area contributed by atoms with Gasteiger partial charge in [-0.25, -0.2) is 0 Å². The molecule has 0 aromatic heterocycles. The number of nitrogens with zero attached hydrogens (tertiary/aromatic N) is 1. The van der Waals surface area contributed by atoms with Crippen molar-refractivity contribution in [1.82, 2.24) is 0 Å². The number of benzene rings is 9. The van der Waals surface area contributed by atoms with Crippen LogP contribution in [0.1, 0.15) is 25.0 Å². The Morgan fingerprint density at radius 2 is 0.607 bits per heavy atom. The predicted molar refractivity (Wildman–Crippen MR) is 239 cm³/mol. The molecule has 0 unspecified atom stereocenters. The Hall–Kier alpha value is -6.96. The molecular formula is C55H41N. The van der Waals surface area contributed by atoms with E-state index in [1.165, 1.54) is 82.9 Å². The third-order valence-electron chi connectivity index (χ3n) is 11.7. The first kappa shape index (κ1) is 33.6. The van der Waals surface area contributed by atoms with Gasteiger partial charge in [-0.1, -0.05) is 196 Å². The second-order valence-corrected chi connectivity index (χ2v) is 15.4. The molecule has 0 N–H and O–H groups in total. The van der Waals surface area contributed by atoms with Crippen LogP contribution in [0, 0.1) is 0 Å². The molecule has 0 bridgehead atoms. The van der Waals surface area contributed by atoms with Crippen LogP contribution >= 0.6 is 0 Å². The molecule has 0 atom stereocenters. The van der Waals surface area contributed by atoms with E-state index in [2.05, 4.69) is 231 Å². The normalized spacial score (nSPS) is 13.1. The van der Waals surface area contributed by atoms with Gasteiger partial charge < -0.3 is 4.90 Å². The number of allylic oxidation sites excluding steroid dienone is 1. The van der Waals surface area contributed by atoms with Gasteiger partial charge in [0.1, 0.15) is 0 Å².